The number of Topliss-reactive ketones (excluding diaryl/α,β-unsaturated/α-hetero) is 1. The van der Waals surface area contributed by atoms with Gasteiger partial charge in [0.2, 0.25) is 0 Å². The standard InChI is InChI=1S/C24H27N3O4/c1-3-27-23(25-26-24(27)16-31-20-8-4-17(2)5-9-20)11-7-19(28)14-18-6-10-21-22(15-18)30-13-12-29-21/h4-6,8-10,15H,3,7,11-14,16H2,1-2H3. The Morgan fingerprint density at radius 1 is 1.03 bits per heavy atom. The molecule has 0 saturated carbocycles. The Balaban J connectivity index is 1.32. The first kappa shape index (κ1) is 20.9. The summed E-state index contributed by atoms with van der Waals surface area (Å²) in [6.07, 6.45) is 1.32. The van der Waals surface area contributed by atoms with Gasteiger partial charge < -0.3 is 18.8 Å². The Kier molecular flexibility index (Phi) is 6.50. The molecular weight excluding hydrogens is 394 g/mol. The number of hydrogen-bond acceptors (Lipinski definition) is 6. The van der Waals surface area contributed by atoms with Crippen molar-refractivity contribution in [2.24, 2.45) is 0 Å². The maximum atomic E-state index is 12.5. The minimum atomic E-state index is 0.153. The molecule has 0 amide bonds. The van der Waals surface area contributed by atoms with E-state index in [1.54, 1.807) is 0 Å². The summed E-state index contributed by atoms with van der Waals surface area (Å²) in [6, 6.07) is 13.6. The SMILES string of the molecule is CCn1c(CCC(=O)Cc2ccc3c(c2)OCCO3)nnc1COc1ccc(C)cc1. The lowest BCUT2D eigenvalue weighted by Gasteiger charge is -2.18. The van der Waals surface area contributed by atoms with E-state index in [2.05, 4.69) is 10.2 Å². The zero-order valence-corrected chi connectivity index (χ0v) is 18.0. The van der Waals surface area contributed by atoms with Gasteiger partial charge in [0.05, 0.1) is 0 Å². The van der Waals surface area contributed by atoms with Crippen molar-refractivity contribution < 1.29 is 19.0 Å². The summed E-state index contributed by atoms with van der Waals surface area (Å²) in [5, 5.41) is 8.57. The number of rotatable bonds is 9. The third kappa shape index (κ3) is 5.23. The van der Waals surface area contributed by atoms with Crippen molar-refractivity contribution in [2.75, 3.05) is 13.2 Å². The lowest BCUT2D eigenvalue weighted by molar-refractivity contribution is -0.118. The summed E-state index contributed by atoms with van der Waals surface area (Å²) < 4.78 is 19.0. The highest BCUT2D eigenvalue weighted by Gasteiger charge is 2.15. The maximum Gasteiger partial charge on any atom is 0.171 e. The van der Waals surface area contributed by atoms with Crippen LogP contribution in [-0.4, -0.2) is 33.8 Å². The molecule has 0 atom stereocenters. The molecule has 0 fully saturated rings. The Labute approximate surface area is 182 Å². The molecule has 1 aliphatic heterocycles. The van der Waals surface area contributed by atoms with Gasteiger partial charge in [-0.15, -0.1) is 10.2 Å². The quantitative estimate of drug-likeness (QED) is 0.524. The number of aryl methyl sites for hydroxylation is 2. The van der Waals surface area contributed by atoms with Crippen molar-refractivity contribution in [3.8, 4) is 17.2 Å². The summed E-state index contributed by atoms with van der Waals surface area (Å²) in [6.45, 7) is 6.24. The highest BCUT2D eigenvalue weighted by molar-refractivity contribution is 5.81. The van der Waals surface area contributed by atoms with E-state index in [0.29, 0.717) is 44.8 Å². The van der Waals surface area contributed by atoms with Crippen molar-refractivity contribution >= 4 is 5.78 Å². The Morgan fingerprint density at radius 2 is 1.77 bits per heavy atom. The number of carbonyl (C=O) groups excluding carboxylic acids is 1. The van der Waals surface area contributed by atoms with Crippen molar-refractivity contribution in [3.63, 3.8) is 0 Å². The number of fused-ring (bicyclic) bond motifs is 1. The summed E-state index contributed by atoms with van der Waals surface area (Å²) >= 11 is 0. The number of benzene rings is 2. The summed E-state index contributed by atoms with van der Waals surface area (Å²) in [5.41, 5.74) is 2.12. The second-order valence-electron chi connectivity index (χ2n) is 7.57. The molecule has 0 saturated heterocycles. The van der Waals surface area contributed by atoms with Crippen LogP contribution in [-0.2, 0) is 30.8 Å². The monoisotopic (exact) mass is 421 g/mol. The molecule has 7 heteroatoms. The van der Waals surface area contributed by atoms with Crippen LogP contribution in [0.25, 0.3) is 0 Å². The first-order valence-corrected chi connectivity index (χ1v) is 10.6. The minimum absolute atomic E-state index is 0.153. The van der Waals surface area contributed by atoms with Crippen molar-refractivity contribution in [1.29, 1.82) is 0 Å². The normalized spacial score (nSPS) is 12.6. The van der Waals surface area contributed by atoms with Crippen LogP contribution >= 0.6 is 0 Å². The van der Waals surface area contributed by atoms with Crippen LogP contribution in [0.15, 0.2) is 42.5 Å². The van der Waals surface area contributed by atoms with E-state index in [4.69, 9.17) is 14.2 Å². The topological polar surface area (TPSA) is 75.5 Å². The molecule has 7 nitrogen and oxygen atoms in total. The molecule has 0 spiro atoms. The lowest BCUT2D eigenvalue weighted by Crippen LogP contribution is -2.15. The summed E-state index contributed by atoms with van der Waals surface area (Å²) in [5.74, 6) is 3.96. The van der Waals surface area contributed by atoms with Gasteiger partial charge in [-0.05, 0) is 43.7 Å². The molecule has 4 rings (SSSR count). The van der Waals surface area contributed by atoms with E-state index >= 15 is 0 Å². The van der Waals surface area contributed by atoms with E-state index in [9.17, 15) is 4.79 Å². The summed E-state index contributed by atoms with van der Waals surface area (Å²) in [4.78, 5) is 12.5. The van der Waals surface area contributed by atoms with Gasteiger partial charge in [-0.1, -0.05) is 23.8 Å². The van der Waals surface area contributed by atoms with E-state index in [0.717, 1.165) is 35.3 Å². The van der Waals surface area contributed by atoms with Crippen LogP contribution < -0.4 is 14.2 Å². The predicted octanol–water partition coefficient (Wildman–Crippen LogP) is 3.70. The number of hydrogen-bond donors (Lipinski definition) is 0. The number of ether oxygens (including phenoxy) is 3. The fraction of sp³-hybridized carbons (Fsp3) is 0.375. The predicted molar refractivity (Wildman–Crippen MR) is 116 cm³/mol. The highest BCUT2D eigenvalue weighted by atomic mass is 16.6. The molecule has 31 heavy (non-hydrogen) atoms. The number of nitrogens with zero attached hydrogens (tertiary/aromatic N) is 3. The van der Waals surface area contributed by atoms with Crippen LogP contribution in [0.4, 0.5) is 0 Å². The molecule has 1 aromatic heterocycles. The lowest BCUT2D eigenvalue weighted by atomic mass is 10.0. The highest BCUT2D eigenvalue weighted by Crippen LogP contribution is 2.31. The molecule has 1 aliphatic rings. The fourth-order valence-corrected chi connectivity index (χ4v) is 3.58. The molecule has 2 aromatic carbocycles. The van der Waals surface area contributed by atoms with E-state index in [1.165, 1.54) is 5.56 Å². The van der Waals surface area contributed by atoms with Gasteiger partial charge in [0.15, 0.2) is 17.3 Å². The van der Waals surface area contributed by atoms with Gasteiger partial charge in [0.1, 0.15) is 37.2 Å². The van der Waals surface area contributed by atoms with Gasteiger partial charge in [0, 0.05) is 25.8 Å². The number of aromatic nitrogens is 3. The van der Waals surface area contributed by atoms with Gasteiger partial charge in [-0.25, -0.2) is 0 Å². The van der Waals surface area contributed by atoms with E-state index in [-0.39, 0.29) is 5.78 Å². The van der Waals surface area contributed by atoms with Crippen molar-refractivity contribution in [1.82, 2.24) is 14.8 Å². The molecule has 0 unspecified atom stereocenters. The Morgan fingerprint density at radius 3 is 2.55 bits per heavy atom. The van der Waals surface area contributed by atoms with E-state index in [1.807, 2.05) is 60.9 Å². The molecule has 162 valence electrons. The molecule has 3 aromatic rings. The second-order valence-corrected chi connectivity index (χ2v) is 7.57. The van der Waals surface area contributed by atoms with Crippen LogP contribution in [0.3, 0.4) is 0 Å². The molecule has 0 bridgehead atoms. The smallest absolute Gasteiger partial charge is 0.171 e. The first-order chi connectivity index (χ1) is 15.1. The van der Waals surface area contributed by atoms with Crippen LogP contribution in [0, 0.1) is 6.92 Å². The first-order valence-electron chi connectivity index (χ1n) is 10.6. The van der Waals surface area contributed by atoms with Crippen molar-refractivity contribution in [2.45, 2.75) is 46.3 Å². The zero-order valence-electron chi connectivity index (χ0n) is 18.0. The molecule has 0 radical (unpaired) electrons. The molecule has 0 aliphatic carbocycles. The maximum absolute atomic E-state index is 12.5. The van der Waals surface area contributed by atoms with Gasteiger partial charge in [-0.2, -0.15) is 0 Å². The van der Waals surface area contributed by atoms with Gasteiger partial charge >= 0.3 is 0 Å². The average molecular weight is 421 g/mol. The minimum Gasteiger partial charge on any atom is -0.486 e. The zero-order chi connectivity index (χ0) is 21.6. The third-order valence-electron chi connectivity index (χ3n) is 5.24. The van der Waals surface area contributed by atoms with Gasteiger partial charge in [-0.3, -0.25) is 4.79 Å². The number of ketones is 1. The average Bonchev–Trinajstić information content (AvgIpc) is 3.19. The van der Waals surface area contributed by atoms with Crippen LogP contribution in [0.2, 0.25) is 0 Å². The third-order valence-corrected chi connectivity index (χ3v) is 5.24. The fourth-order valence-electron chi connectivity index (χ4n) is 3.58. The largest absolute Gasteiger partial charge is 0.486 e. The molecular formula is C24H27N3O4. The van der Waals surface area contributed by atoms with Crippen LogP contribution in [0.1, 0.15) is 36.1 Å². The van der Waals surface area contributed by atoms with Crippen LogP contribution in [0.5, 0.6) is 17.2 Å². The molecule has 2 heterocycles. The van der Waals surface area contributed by atoms with Crippen molar-refractivity contribution in [3.05, 3.63) is 65.2 Å². The summed E-state index contributed by atoms with van der Waals surface area (Å²) in [7, 11) is 0. The molecule has 0 N–H and O–H groups in total. The second kappa shape index (κ2) is 9.64. The van der Waals surface area contributed by atoms with Gasteiger partial charge in [0.25, 0.3) is 0 Å². The number of carbonyl (C=O) groups is 1. The Bertz CT molecular complexity index is 1040. The Hall–Kier alpha value is -3.35. The van der Waals surface area contributed by atoms with E-state index < -0.39 is 0 Å².